The minimum Gasteiger partial charge on any atom is -0.480 e. The van der Waals surface area contributed by atoms with Gasteiger partial charge in [-0.1, -0.05) is 40.2 Å². The number of aliphatic carboxylic acids is 1. The summed E-state index contributed by atoms with van der Waals surface area (Å²) in [5.74, 6) is -1.78. The molecule has 6 nitrogen and oxygen atoms in total. The number of carboxylic acids is 1. The summed E-state index contributed by atoms with van der Waals surface area (Å²) in [6.45, 7) is 10.7. The zero-order valence-electron chi connectivity index (χ0n) is 17.0. The van der Waals surface area contributed by atoms with Gasteiger partial charge in [0, 0.05) is 17.9 Å². The largest absolute Gasteiger partial charge is 0.480 e. The summed E-state index contributed by atoms with van der Waals surface area (Å²) in [6.07, 6.45) is 6.82. The fourth-order valence-corrected chi connectivity index (χ4v) is 3.25. The van der Waals surface area contributed by atoms with Crippen LogP contribution in [0.1, 0.15) is 54.4 Å². The summed E-state index contributed by atoms with van der Waals surface area (Å²) in [4.78, 5) is 35.2. The number of carbonyl (C=O) groups excluding carboxylic acids is 2. The van der Waals surface area contributed by atoms with E-state index in [0.717, 1.165) is 0 Å². The minimum absolute atomic E-state index is 0.0213. The number of carboxylic acid groups (broad SMARTS) is 1. The van der Waals surface area contributed by atoms with E-state index in [0.29, 0.717) is 17.6 Å². The van der Waals surface area contributed by atoms with Gasteiger partial charge in [-0.05, 0) is 43.1 Å². The maximum absolute atomic E-state index is 12.2. The molecule has 0 radical (unpaired) electrons. The van der Waals surface area contributed by atoms with E-state index in [2.05, 4.69) is 5.32 Å². The molecule has 0 aromatic carbocycles. The van der Waals surface area contributed by atoms with Gasteiger partial charge in [-0.25, -0.2) is 4.79 Å². The van der Waals surface area contributed by atoms with Gasteiger partial charge in [-0.2, -0.15) is 0 Å². The Labute approximate surface area is 161 Å². The van der Waals surface area contributed by atoms with Crippen LogP contribution in [0.3, 0.4) is 0 Å². The summed E-state index contributed by atoms with van der Waals surface area (Å²) in [5.41, 5.74) is -0.852. The van der Waals surface area contributed by atoms with Crippen molar-refractivity contribution in [1.29, 1.82) is 0 Å². The van der Waals surface area contributed by atoms with Gasteiger partial charge in [0.25, 0.3) is 0 Å². The molecule has 6 heteroatoms. The summed E-state index contributed by atoms with van der Waals surface area (Å²) >= 11 is 0. The maximum atomic E-state index is 12.2. The second kappa shape index (κ2) is 8.65. The Morgan fingerprint density at radius 2 is 1.96 bits per heavy atom. The minimum atomic E-state index is -1.30. The number of aliphatic hydroxyl groups is 1. The highest BCUT2D eigenvalue weighted by atomic mass is 16.4. The highest BCUT2D eigenvalue weighted by molar-refractivity contribution is 5.93. The third-order valence-corrected chi connectivity index (χ3v) is 5.35. The summed E-state index contributed by atoms with van der Waals surface area (Å²) in [7, 11) is 0. The normalized spacial score (nSPS) is 25.1. The van der Waals surface area contributed by atoms with Crippen molar-refractivity contribution in [3.8, 4) is 0 Å². The first-order valence-electron chi connectivity index (χ1n) is 9.19. The van der Waals surface area contributed by atoms with Crippen LogP contribution in [0.5, 0.6) is 0 Å². The van der Waals surface area contributed by atoms with Gasteiger partial charge in [0.15, 0.2) is 5.78 Å². The molecule has 0 saturated carbocycles. The molecule has 0 fully saturated rings. The molecule has 0 bridgehead atoms. The van der Waals surface area contributed by atoms with Crippen molar-refractivity contribution in [2.24, 2.45) is 11.3 Å². The van der Waals surface area contributed by atoms with Crippen molar-refractivity contribution in [3.63, 3.8) is 0 Å². The van der Waals surface area contributed by atoms with Crippen molar-refractivity contribution in [3.05, 3.63) is 35.5 Å². The number of hydrogen-bond donors (Lipinski definition) is 3. The van der Waals surface area contributed by atoms with Gasteiger partial charge in [0.05, 0.1) is 0 Å². The molecule has 3 N–H and O–H groups in total. The van der Waals surface area contributed by atoms with Crippen molar-refractivity contribution in [2.45, 2.75) is 66.0 Å². The molecule has 0 spiro atoms. The number of ketones is 1. The van der Waals surface area contributed by atoms with Crippen LogP contribution in [0, 0.1) is 11.3 Å². The summed E-state index contributed by atoms with van der Waals surface area (Å²) < 4.78 is 0. The fourth-order valence-electron chi connectivity index (χ4n) is 3.25. The highest BCUT2D eigenvalue weighted by Crippen LogP contribution is 2.44. The lowest BCUT2D eigenvalue weighted by Gasteiger charge is -2.44. The number of amides is 1. The quantitative estimate of drug-likeness (QED) is 0.467. The van der Waals surface area contributed by atoms with E-state index in [4.69, 9.17) is 0 Å². The molecule has 0 saturated heterocycles. The Morgan fingerprint density at radius 1 is 1.37 bits per heavy atom. The van der Waals surface area contributed by atoms with E-state index in [1.807, 2.05) is 20.8 Å². The fraction of sp³-hybridized carbons (Fsp3) is 0.571. The molecule has 1 amide bonds. The lowest BCUT2D eigenvalue weighted by molar-refractivity contribution is -0.142. The van der Waals surface area contributed by atoms with Gasteiger partial charge in [0.2, 0.25) is 5.91 Å². The third-order valence-electron chi connectivity index (χ3n) is 5.35. The molecule has 1 rings (SSSR count). The van der Waals surface area contributed by atoms with Gasteiger partial charge in [-0.3, -0.25) is 9.59 Å². The number of nitrogens with one attached hydrogen (secondary N) is 1. The van der Waals surface area contributed by atoms with Crippen molar-refractivity contribution < 1.29 is 24.6 Å². The molecule has 3 atom stereocenters. The standard InChI is InChI=1S/C21H31NO5/c1-7-14(3)18(19(25)26)22-17(24)10-13(2)8-9-21(27)15(4)11-16(23)12-20(21,5)6/h8-11,14,18,27H,7,12H2,1-6H3,(H,22,24)(H,25,26)/b9-8+,13-10-/t14-,18-,21+/m0/s1. The van der Waals surface area contributed by atoms with Crippen LogP contribution in [0.15, 0.2) is 35.5 Å². The first kappa shape index (κ1) is 22.8. The van der Waals surface area contributed by atoms with Crippen LogP contribution in [0.2, 0.25) is 0 Å². The van der Waals surface area contributed by atoms with Crippen LogP contribution >= 0.6 is 0 Å². The summed E-state index contributed by atoms with van der Waals surface area (Å²) in [6, 6.07) is -0.951. The van der Waals surface area contributed by atoms with E-state index in [9.17, 15) is 24.6 Å². The molecule has 0 aliphatic heterocycles. The van der Waals surface area contributed by atoms with E-state index in [1.165, 1.54) is 12.2 Å². The van der Waals surface area contributed by atoms with Gasteiger partial charge in [-0.15, -0.1) is 0 Å². The molecular weight excluding hydrogens is 346 g/mol. The average molecular weight is 377 g/mol. The van der Waals surface area contributed by atoms with Crippen molar-refractivity contribution in [1.82, 2.24) is 5.32 Å². The lowest BCUT2D eigenvalue weighted by Crippen LogP contribution is -2.48. The van der Waals surface area contributed by atoms with Crippen LogP contribution in [-0.2, 0) is 14.4 Å². The molecule has 0 aromatic heterocycles. The molecule has 0 aromatic rings. The molecule has 0 unspecified atom stereocenters. The van der Waals surface area contributed by atoms with Gasteiger partial charge >= 0.3 is 5.97 Å². The smallest absolute Gasteiger partial charge is 0.326 e. The third kappa shape index (κ3) is 5.39. The molecule has 1 aliphatic rings. The predicted octanol–water partition coefficient (Wildman–Crippen LogP) is 2.78. The van der Waals surface area contributed by atoms with Crippen molar-refractivity contribution >= 4 is 17.7 Å². The molecule has 150 valence electrons. The van der Waals surface area contributed by atoms with E-state index in [-0.39, 0.29) is 18.1 Å². The first-order chi connectivity index (χ1) is 12.3. The first-order valence-corrected chi connectivity index (χ1v) is 9.19. The molecule has 1 aliphatic carbocycles. The second-order valence-corrected chi connectivity index (χ2v) is 8.05. The Hall–Kier alpha value is -2.21. The molecular formula is C21H31NO5. The Bertz CT molecular complexity index is 701. The predicted molar refractivity (Wildman–Crippen MR) is 104 cm³/mol. The Balaban J connectivity index is 2.97. The van der Waals surface area contributed by atoms with Gasteiger partial charge in [0.1, 0.15) is 11.6 Å². The number of hydrogen-bond acceptors (Lipinski definition) is 4. The zero-order valence-corrected chi connectivity index (χ0v) is 17.0. The van der Waals surface area contributed by atoms with Crippen LogP contribution in [0.25, 0.3) is 0 Å². The number of carbonyl (C=O) groups is 3. The Morgan fingerprint density at radius 3 is 2.44 bits per heavy atom. The van der Waals surface area contributed by atoms with Gasteiger partial charge < -0.3 is 15.5 Å². The van der Waals surface area contributed by atoms with Crippen molar-refractivity contribution in [2.75, 3.05) is 0 Å². The Kier molecular flexibility index (Phi) is 7.32. The van der Waals surface area contributed by atoms with E-state index < -0.39 is 28.9 Å². The van der Waals surface area contributed by atoms with Crippen LogP contribution in [0.4, 0.5) is 0 Å². The molecule has 27 heavy (non-hydrogen) atoms. The topological polar surface area (TPSA) is 104 Å². The average Bonchev–Trinajstić information content (AvgIpc) is 2.54. The number of rotatable bonds is 7. The SMILES string of the molecule is CC[C@H](C)[C@H](NC(=O)/C=C(C)\C=C\[C@@]1(O)C(C)=CC(=O)CC1(C)C)C(=O)O. The number of allylic oxidation sites excluding steroid dienone is 3. The maximum Gasteiger partial charge on any atom is 0.326 e. The van der Waals surface area contributed by atoms with Crippen LogP contribution in [-0.4, -0.2) is 39.5 Å². The molecule has 0 heterocycles. The second-order valence-electron chi connectivity index (χ2n) is 8.05. The highest BCUT2D eigenvalue weighted by Gasteiger charge is 2.46. The summed E-state index contributed by atoms with van der Waals surface area (Å²) in [5, 5.41) is 22.8. The van der Waals surface area contributed by atoms with Crippen LogP contribution < -0.4 is 5.32 Å². The van der Waals surface area contributed by atoms with E-state index in [1.54, 1.807) is 32.9 Å². The lowest BCUT2D eigenvalue weighted by atomic mass is 9.64. The zero-order chi connectivity index (χ0) is 21.0. The monoisotopic (exact) mass is 377 g/mol. The van der Waals surface area contributed by atoms with E-state index >= 15 is 0 Å².